The molecule has 3 N–H and O–H groups in total. The Balaban J connectivity index is 2.32. The number of benzene rings is 1. The first-order chi connectivity index (χ1) is 9.69. The highest BCUT2D eigenvalue weighted by molar-refractivity contribution is 7.89. The minimum atomic E-state index is -3.86. The summed E-state index contributed by atoms with van der Waals surface area (Å²) in [6.45, 7) is 1.98. The second-order valence-corrected chi connectivity index (χ2v) is 7.39. The molecule has 116 valence electrons. The molecule has 1 aliphatic heterocycles. The van der Waals surface area contributed by atoms with Gasteiger partial charge in [0.2, 0.25) is 15.9 Å². The number of sulfonamides is 1. The first kappa shape index (κ1) is 15.7. The van der Waals surface area contributed by atoms with Crippen molar-refractivity contribution in [2.45, 2.75) is 18.2 Å². The smallest absolute Gasteiger partial charge is 0.243 e. The maximum atomic E-state index is 13.4. The second-order valence-electron chi connectivity index (χ2n) is 5.45. The molecule has 0 radical (unpaired) electrons. The van der Waals surface area contributed by atoms with Gasteiger partial charge in [0.15, 0.2) is 0 Å². The zero-order chi connectivity index (χ0) is 15.8. The summed E-state index contributed by atoms with van der Waals surface area (Å²) in [6, 6.07) is 3.20. The Kier molecular flexibility index (Phi) is 3.94. The molecule has 0 saturated carbocycles. The van der Waals surface area contributed by atoms with Crippen LogP contribution in [0.25, 0.3) is 0 Å². The monoisotopic (exact) mass is 315 g/mol. The van der Waals surface area contributed by atoms with Crippen LogP contribution in [-0.4, -0.2) is 38.8 Å². The van der Waals surface area contributed by atoms with Crippen molar-refractivity contribution in [3.05, 3.63) is 24.0 Å². The Labute approximate surface area is 123 Å². The molecule has 0 aromatic heterocycles. The first-order valence-electron chi connectivity index (χ1n) is 6.47. The van der Waals surface area contributed by atoms with Crippen LogP contribution >= 0.6 is 0 Å². The molecule has 1 fully saturated rings. The van der Waals surface area contributed by atoms with E-state index in [1.54, 1.807) is 6.92 Å². The van der Waals surface area contributed by atoms with E-state index in [-0.39, 0.29) is 29.6 Å². The average Bonchev–Trinajstić information content (AvgIpc) is 2.81. The highest BCUT2D eigenvalue weighted by Crippen LogP contribution is 2.34. The van der Waals surface area contributed by atoms with Crippen molar-refractivity contribution in [1.29, 1.82) is 0 Å². The molecule has 1 aromatic rings. The van der Waals surface area contributed by atoms with Gasteiger partial charge >= 0.3 is 0 Å². The summed E-state index contributed by atoms with van der Waals surface area (Å²) < 4.78 is 39.6. The quantitative estimate of drug-likeness (QED) is 0.797. The number of rotatable bonds is 3. The summed E-state index contributed by atoms with van der Waals surface area (Å²) in [4.78, 5) is 11.6. The molecular formula is C13H18FN3O3S. The van der Waals surface area contributed by atoms with Crippen molar-refractivity contribution in [3.8, 4) is 0 Å². The summed E-state index contributed by atoms with van der Waals surface area (Å²) in [5.74, 6) is -0.916. The fraction of sp³-hybridized carbons (Fsp3) is 0.462. The number of nitrogens with zero attached hydrogens (tertiary/aromatic N) is 1. The summed E-state index contributed by atoms with van der Waals surface area (Å²) in [5.41, 5.74) is 4.76. The fourth-order valence-electron chi connectivity index (χ4n) is 2.49. The van der Waals surface area contributed by atoms with E-state index in [0.29, 0.717) is 6.42 Å². The second kappa shape index (κ2) is 5.27. The van der Waals surface area contributed by atoms with Crippen LogP contribution in [0, 0.1) is 11.2 Å². The summed E-state index contributed by atoms with van der Waals surface area (Å²) >= 11 is 0. The molecule has 21 heavy (non-hydrogen) atoms. The van der Waals surface area contributed by atoms with Gasteiger partial charge < -0.3 is 11.1 Å². The Morgan fingerprint density at radius 1 is 1.43 bits per heavy atom. The van der Waals surface area contributed by atoms with Crippen LogP contribution in [0.2, 0.25) is 0 Å². The van der Waals surface area contributed by atoms with Crippen molar-refractivity contribution < 1.29 is 17.6 Å². The van der Waals surface area contributed by atoms with Gasteiger partial charge in [0, 0.05) is 25.8 Å². The number of amides is 1. The van der Waals surface area contributed by atoms with Gasteiger partial charge in [0.25, 0.3) is 0 Å². The molecule has 1 aliphatic rings. The predicted octanol–water partition coefficient (Wildman–Crippen LogP) is 0.555. The van der Waals surface area contributed by atoms with Gasteiger partial charge in [0.05, 0.1) is 10.3 Å². The standard InChI is InChI=1S/C13H18FN3O3S/c1-13(12(18)16-2)3-4-17(8-13)21(19,20)11-6-9(14)5-10(15)7-11/h5-7H,3-4,8,15H2,1-2H3,(H,16,18). The molecule has 0 aliphatic carbocycles. The lowest BCUT2D eigenvalue weighted by Gasteiger charge is -2.22. The Morgan fingerprint density at radius 3 is 2.67 bits per heavy atom. The summed E-state index contributed by atoms with van der Waals surface area (Å²) in [6.07, 6.45) is 0.413. The molecule has 0 spiro atoms. The number of hydrogen-bond donors (Lipinski definition) is 2. The van der Waals surface area contributed by atoms with E-state index in [1.807, 2.05) is 0 Å². The summed E-state index contributed by atoms with van der Waals surface area (Å²) in [5, 5.41) is 2.54. The number of carbonyl (C=O) groups excluding carboxylic acids is 1. The van der Waals surface area contributed by atoms with Crippen LogP contribution in [0.5, 0.6) is 0 Å². The molecule has 1 saturated heterocycles. The lowest BCUT2D eigenvalue weighted by molar-refractivity contribution is -0.128. The van der Waals surface area contributed by atoms with E-state index in [0.717, 1.165) is 12.1 Å². The maximum Gasteiger partial charge on any atom is 0.243 e. The third kappa shape index (κ3) is 2.86. The number of nitrogens with one attached hydrogen (secondary N) is 1. The lowest BCUT2D eigenvalue weighted by Crippen LogP contribution is -2.40. The molecule has 1 heterocycles. The third-order valence-electron chi connectivity index (χ3n) is 3.74. The zero-order valence-electron chi connectivity index (χ0n) is 11.9. The normalized spacial score (nSPS) is 23.2. The van der Waals surface area contributed by atoms with Crippen molar-refractivity contribution in [2.24, 2.45) is 5.41 Å². The molecule has 1 unspecified atom stereocenters. The molecule has 2 rings (SSSR count). The largest absolute Gasteiger partial charge is 0.399 e. The minimum absolute atomic E-state index is 0.0434. The average molecular weight is 315 g/mol. The van der Waals surface area contributed by atoms with E-state index >= 15 is 0 Å². The number of hydrogen-bond acceptors (Lipinski definition) is 4. The molecular weight excluding hydrogens is 297 g/mol. The SMILES string of the molecule is CNC(=O)C1(C)CCN(S(=O)(=O)c2cc(N)cc(F)c2)C1. The molecule has 8 heteroatoms. The molecule has 0 bridgehead atoms. The Morgan fingerprint density at radius 2 is 2.10 bits per heavy atom. The topological polar surface area (TPSA) is 92.5 Å². The van der Waals surface area contributed by atoms with Gasteiger partial charge in [0.1, 0.15) is 5.82 Å². The zero-order valence-corrected chi connectivity index (χ0v) is 12.7. The summed E-state index contributed by atoms with van der Waals surface area (Å²) in [7, 11) is -2.35. The minimum Gasteiger partial charge on any atom is -0.399 e. The van der Waals surface area contributed by atoms with Crippen molar-refractivity contribution >= 4 is 21.6 Å². The lowest BCUT2D eigenvalue weighted by atomic mass is 9.89. The highest BCUT2D eigenvalue weighted by atomic mass is 32.2. The van der Waals surface area contributed by atoms with E-state index in [2.05, 4.69) is 5.32 Å². The van der Waals surface area contributed by atoms with Crippen LogP contribution in [0.15, 0.2) is 23.1 Å². The number of halogens is 1. The van der Waals surface area contributed by atoms with E-state index < -0.39 is 21.3 Å². The molecule has 1 aromatic carbocycles. The Hall–Kier alpha value is -1.67. The molecule has 6 nitrogen and oxygen atoms in total. The fourth-order valence-corrected chi connectivity index (χ4v) is 4.12. The highest BCUT2D eigenvalue weighted by Gasteiger charge is 2.44. The van der Waals surface area contributed by atoms with E-state index in [9.17, 15) is 17.6 Å². The molecule has 1 amide bonds. The van der Waals surface area contributed by atoms with Crippen LogP contribution < -0.4 is 11.1 Å². The number of carbonyl (C=O) groups is 1. The van der Waals surface area contributed by atoms with Gasteiger partial charge in [-0.2, -0.15) is 4.31 Å². The Bertz CT molecular complexity index is 657. The maximum absolute atomic E-state index is 13.4. The third-order valence-corrected chi connectivity index (χ3v) is 5.57. The van der Waals surface area contributed by atoms with Crippen molar-refractivity contribution in [2.75, 3.05) is 25.9 Å². The number of nitrogen functional groups attached to an aromatic ring is 1. The van der Waals surface area contributed by atoms with Crippen LogP contribution in [0.4, 0.5) is 10.1 Å². The van der Waals surface area contributed by atoms with Crippen LogP contribution in [-0.2, 0) is 14.8 Å². The van der Waals surface area contributed by atoms with Crippen molar-refractivity contribution in [1.82, 2.24) is 9.62 Å². The van der Waals surface area contributed by atoms with Crippen molar-refractivity contribution in [3.63, 3.8) is 0 Å². The molecule has 1 atom stereocenters. The number of anilines is 1. The first-order valence-corrected chi connectivity index (χ1v) is 7.91. The number of nitrogens with two attached hydrogens (primary N) is 1. The van der Waals surface area contributed by atoms with Gasteiger partial charge in [-0.3, -0.25) is 4.79 Å². The van der Waals surface area contributed by atoms with E-state index in [1.165, 1.54) is 17.4 Å². The van der Waals surface area contributed by atoms with Gasteiger partial charge in [-0.05, 0) is 31.5 Å². The van der Waals surface area contributed by atoms with Gasteiger partial charge in [-0.1, -0.05) is 0 Å². The van der Waals surface area contributed by atoms with Crippen LogP contribution in [0.3, 0.4) is 0 Å². The predicted molar refractivity (Wildman–Crippen MR) is 76.4 cm³/mol. The van der Waals surface area contributed by atoms with Crippen LogP contribution in [0.1, 0.15) is 13.3 Å². The van der Waals surface area contributed by atoms with Gasteiger partial charge in [-0.15, -0.1) is 0 Å². The van der Waals surface area contributed by atoms with Gasteiger partial charge in [-0.25, -0.2) is 12.8 Å². The van der Waals surface area contributed by atoms with E-state index in [4.69, 9.17) is 5.73 Å².